The first-order valence-corrected chi connectivity index (χ1v) is 11.5. The van der Waals surface area contributed by atoms with Gasteiger partial charge in [-0.3, -0.25) is 9.69 Å². The molecule has 0 aliphatic carbocycles. The molecule has 150 valence electrons. The molecule has 1 N–H and O–H groups in total. The van der Waals surface area contributed by atoms with Gasteiger partial charge in [0.25, 0.3) is 5.91 Å². The van der Waals surface area contributed by atoms with Crippen LogP contribution >= 0.6 is 11.3 Å². The van der Waals surface area contributed by atoms with Gasteiger partial charge in [0, 0.05) is 29.5 Å². The minimum atomic E-state index is 0.0454. The SMILES string of the molecule is CC1(C)[C@@H](NC(=O)c2cc3ccc(C4CCOCC4)cc3s2)C2CCN1CC2. The molecular weight excluding hydrogens is 368 g/mol. The molecule has 1 aromatic carbocycles. The van der Waals surface area contributed by atoms with Gasteiger partial charge in [0.15, 0.2) is 0 Å². The number of nitrogens with one attached hydrogen (secondary N) is 1. The van der Waals surface area contributed by atoms with E-state index in [4.69, 9.17) is 4.74 Å². The zero-order valence-corrected chi connectivity index (χ0v) is 17.7. The third kappa shape index (κ3) is 3.17. The number of fused-ring (bicyclic) bond motifs is 4. The Bertz CT molecular complexity index is 876. The first-order valence-electron chi connectivity index (χ1n) is 10.7. The van der Waals surface area contributed by atoms with E-state index in [1.54, 1.807) is 11.3 Å². The van der Waals surface area contributed by atoms with Gasteiger partial charge in [0.2, 0.25) is 0 Å². The quantitative estimate of drug-likeness (QED) is 0.833. The van der Waals surface area contributed by atoms with Gasteiger partial charge in [-0.05, 0) is 87.5 Å². The molecular formula is C23H30N2O2S. The van der Waals surface area contributed by atoms with Crippen molar-refractivity contribution in [2.24, 2.45) is 5.92 Å². The van der Waals surface area contributed by atoms with E-state index in [0.717, 1.165) is 30.9 Å². The van der Waals surface area contributed by atoms with Crippen molar-refractivity contribution in [3.8, 4) is 0 Å². The van der Waals surface area contributed by atoms with E-state index in [2.05, 4.69) is 48.3 Å². The third-order valence-electron chi connectivity index (χ3n) is 7.33. The maximum atomic E-state index is 13.1. The average molecular weight is 399 g/mol. The van der Waals surface area contributed by atoms with Gasteiger partial charge in [0.05, 0.1) is 4.88 Å². The van der Waals surface area contributed by atoms with E-state index in [1.807, 2.05) is 0 Å². The Hall–Kier alpha value is -1.43. The minimum Gasteiger partial charge on any atom is -0.381 e. The third-order valence-corrected chi connectivity index (χ3v) is 8.43. The summed E-state index contributed by atoms with van der Waals surface area (Å²) in [5, 5.41) is 4.59. The lowest BCUT2D eigenvalue weighted by Gasteiger charge is -2.56. The molecule has 4 aliphatic rings. The summed E-state index contributed by atoms with van der Waals surface area (Å²) >= 11 is 1.64. The molecule has 4 nitrogen and oxygen atoms in total. The van der Waals surface area contributed by atoms with Gasteiger partial charge < -0.3 is 10.1 Å². The lowest BCUT2D eigenvalue weighted by Crippen LogP contribution is -2.69. The zero-order chi connectivity index (χ0) is 19.3. The summed E-state index contributed by atoms with van der Waals surface area (Å²) in [4.78, 5) is 16.5. The highest BCUT2D eigenvalue weighted by Crippen LogP contribution is 2.39. The fraction of sp³-hybridized carbons (Fsp3) is 0.609. The number of hydrogen-bond donors (Lipinski definition) is 1. The summed E-state index contributed by atoms with van der Waals surface area (Å²) in [6.07, 6.45) is 4.60. The molecule has 0 unspecified atom stereocenters. The fourth-order valence-electron chi connectivity index (χ4n) is 5.53. The molecule has 1 atom stereocenters. The zero-order valence-electron chi connectivity index (χ0n) is 16.9. The van der Waals surface area contributed by atoms with E-state index in [9.17, 15) is 4.79 Å². The van der Waals surface area contributed by atoms with Crippen LogP contribution in [0.25, 0.3) is 10.1 Å². The fourth-order valence-corrected chi connectivity index (χ4v) is 6.55. The van der Waals surface area contributed by atoms with Gasteiger partial charge in [-0.15, -0.1) is 11.3 Å². The van der Waals surface area contributed by atoms with Gasteiger partial charge in [-0.2, -0.15) is 0 Å². The van der Waals surface area contributed by atoms with Crippen molar-refractivity contribution in [1.29, 1.82) is 0 Å². The first kappa shape index (κ1) is 18.6. The van der Waals surface area contributed by atoms with Crippen molar-refractivity contribution in [3.63, 3.8) is 0 Å². The monoisotopic (exact) mass is 398 g/mol. The first-order chi connectivity index (χ1) is 13.5. The standard InChI is InChI=1S/C23H30N2O2S/c1-23(2)21(16-5-9-25(23)10-6-16)24-22(26)20-14-18-4-3-17(13-19(18)28-20)15-7-11-27-12-8-15/h3-4,13-16,21H,5-12H2,1-2H3,(H,24,26)/t21-/m0/s1. The maximum absolute atomic E-state index is 13.1. The number of rotatable bonds is 3. The van der Waals surface area contributed by atoms with Crippen LogP contribution in [0.2, 0.25) is 0 Å². The average Bonchev–Trinajstić information content (AvgIpc) is 3.15. The number of amides is 1. The van der Waals surface area contributed by atoms with Crippen LogP contribution in [0.5, 0.6) is 0 Å². The van der Waals surface area contributed by atoms with E-state index >= 15 is 0 Å². The van der Waals surface area contributed by atoms with Crippen LogP contribution in [0.3, 0.4) is 0 Å². The topological polar surface area (TPSA) is 41.6 Å². The van der Waals surface area contributed by atoms with E-state index < -0.39 is 0 Å². The number of ether oxygens (including phenoxy) is 1. The van der Waals surface area contributed by atoms with Crippen LogP contribution in [0.1, 0.15) is 60.7 Å². The Kier molecular flexibility index (Phi) is 4.73. The Morgan fingerprint density at radius 1 is 1.14 bits per heavy atom. The predicted molar refractivity (Wildman–Crippen MR) is 114 cm³/mol. The minimum absolute atomic E-state index is 0.0454. The van der Waals surface area contributed by atoms with Crippen LogP contribution in [-0.2, 0) is 4.74 Å². The van der Waals surface area contributed by atoms with Crippen LogP contribution in [-0.4, -0.2) is 48.7 Å². The Morgan fingerprint density at radius 2 is 1.89 bits per heavy atom. The molecule has 1 amide bonds. The summed E-state index contributed by atoms with van der Waals surface area (Å²) < 4.78 is 6.72. The number of benzene rings is 1. The van der Waals surface area contributed by atoms with E-state index in [1.165, 1.54) is 41.6 Å². The molecule has 5 heterocycles. The lowest BCUT2D eigenvalue weighted by molar-refractivity contribution is -0.0377. The normalized spacial score (nSPS) is 29.9. The lowest BCUT2D eigenvalue weighted by atomic mass is 9.72. The number of carbonyl (C=O) groups is 1. The molecule has 2 bridgehead atoms. The van der Waals surface area contributed by atoms with Crippen molar-refractivity contribution < 1.29 is 9.53 Å². The van der Waals surface area contributed by atoms with Crippen LogP contribution < -0.4 is 5.32 Å². The van der Waals surface area contributed by atoms with Crippen molar-refractivity contribution in [3.05, 3.63) is 34.7 Å². The Balaban J connectivity index is 1.36. The second-order valence-electron chi connectivity index (χ2n) is 9.22. The predicted octanol–water partition coefficient (Wildman–Crippen LogP) is 4.40. The van der Waals surface area contributed by atoms with Gasteiger partial charge in [-0.1, -0.05) is 12.1 Å². The summed E-state index contributed by atoms with van der Waals surface area (Å²) in [5.74, 6) is 1.30. The molecule has 28 heavy (non-hydrogen) atoms. The van der Waals surface area contributed by atoms with Gasteiger partial charge in [0.1, 0.15) is 0 Å². The summed E-state index contributed by atoms with van der Waals surface area (Å²) in [6.45, 7) is 8.62. The molecule has 0 saturated carbocycles. The molecule has 5 heteroatoms. The highest BCUT2D eigenvalue weighted by molar-refractivity contribution is 7.20. The molecule has 0 spiro atoms. The number of carbonyl (C=O) groups excluding carboxylic acids is 1. The van der Waals surface area contributed by atoms with Crippen molar-refractivity contribution in [1.82, 2.24) is 10.2 Å². The van der Waals surface area contributed by atoms with Gasteiger partial charge in [-0.25, -0.2) is 0 Å². The highest BCUT2D eigenvalue weighted by atomic mass is 32.1. The van der Waals surface area contributed by atoms with E-state index in [0.29, 0.717) is 11.8 Å². The van der Waals surface area contributed by atoms with Crippen molar-refractivity contribution >= 4 is 27.3 Å². The summed E-state index contributed by atoms with van der Waals surface area (Å²) in [6, 6.07) is 9.03. The molecule has 2 aromatic rings. The van der Waals surface area contributed by atoms with Gasteiger partial charge >= 0.3 is 0 Å². The Labute approximate surface area is 171 Å². The molecule has 4 aliphatic heterocycles. The van der Waals surface area contributed by atoms with E-state index in [-0.39, 0.29) is 17.5 Å². The second kappa shape index (κ2) is 7.12. The van der Waals surface area contributed by atoms with Crippen LogP contribution in [0.15, 0.2) is 24.3 Å². The number of hydrogen-bond acceptors (Lipinski definition) is 4. The molecule has 0 radical (unpaired) electrons. The van der Waals surface area contributed by atoms with Crippen LogP contribution in [0.4, 0.5) is 0 Å². The number of nitrogens with zero attached hydrogens (tertiary/aromatic N) is 1. The maximum Gasteiger partial charge on any atom is 0.261 e. The summed E-state index contributed by atoms with van der Waals surface area (Å²) in [7, 11) is 0. The van der Waals surface area contributed by atoms with Crippen molar-refractivity contribution in [2.45, 2.75) is 57.0 Å². The number of piperidine rings is 3. The second-order valence-corrected chi connectivity index (χ2v) is 10.3. The highest BCUT2D eigenvalue weighted by Gasteiger charge is 2.48. The molecule has 4 fully saturated rings. The largest absolute Gasteiger partial charge is 0.381 e. The number of thiophene rings is 1. The molecule has 6 rings (SSSR count). The molecule has 4 saturated heterocycles. The smallest absolute Gasteiger partial charge is 0.261 e. The van der Waals surface area contributed by atoms with Crippen molar-refractivity contribution in [2.75, 3.05) is 26.3 Å². The molecule has 1 aromatic heterocycles. The van der Waals surface area contributed by atoms with Crippen LogP contribution in [0, 0.1) is 5.92 Å². The Morgan fingerprint density at radius 3 is 2.61 bits per heavy atom. The summed E-state index contributed by atoms with van der Waals surface area (Å²) in [5.41, 5.74) is 1.44.